The Kier molecular flexibility index (Phi) is 12.5. The van der Waals surface area contributed by atoms with Gasteiger partial charge >= 0.3 is 0 Å². The molecule has 0 aliphatic rings. The van der Waals surface area contributed by atoms with Crippen LogP contribution in [0.4, 0.5) is 11.4 Å². The standard InChI is InChI=1S/C32H34N4O5.C2H6/c1-5-6-15-39-30-17-26-25(16-29(30)38-4)32(22(18-33)19-34-26)36-23-11-13-24(14-12-23)41-28-10-8-7-9-27(28)40-20-31(37)35-21(2)3;1-2/h7-14,16-17,19,21H,5-6,15,20H2,1-4H3,(H,34,36)(H,35,37);1-2H3. The van der Waals surface area contributed by atoms with E-state index in [0.29, 0.717) is 52.1 Å². The third-order valence-corrected chi connectivity index (χ3v) is 6.04. The minimum atomic E-state index is -0.205. The molecule has 0 unspecified atom stereocenters. The number of nitriles is 1. The van der Waals surface area contributed by atoms with Crippen LogP contribution < -0.4 is 29.6 Å². The first-order valence-corrected chi connectivity index (χ1v) is 14.5. The van der Waals surface area contributed by atoms with Gasteiger partial charge in [0.1, 0.15) is 11.8 Å². The molecule has 4 rings (SSSR count). The van der Waals surface area contributed by atoms with Gasteiger partial charge in [-0.1, -0.05) is 39.3 Å². The number of carbonyl (C=O) groups excluding carboxylic acids is 1. The second-order valence-electron chi connectivity index (χ2n) is 9.59. The van der Waals surface area contributed by atoms with Crippen molar-refractivity contribution < 1.29 is 23.7 Å². The Morgan fingerprint density at radius 1 is 0.977 bits per heavy atom. The zero-order chi connectivity index (χ0) is 31.2. The van der Waals surface area contributed by atoms with Crippen molar-refractivity contribution >= 4 is 28.2 Å². The quantitative estimate of drug-likeness (QED) is 0.153. The third-order valence-electron chi connectivity index (χ3n) is 6.04. The molecule has 1 heterocycles. The molecule has 1 amide bonds. The molecule has 0 saturated heterocycles. The maximum atomic E-state index is 12.0. The van der Waals surface area contributed by atoms with Gasteiger partial charge in [0, 0.05) is 29.4 Å². The molecule has 43 heavy (non-hydrogen) atoms. The molecular weight excluding hydrogens is 544 g/mol. The SMILES string of the molecule is CC.CCCCOc1cc2ncc(C#N)c(Nc3ccc(Oc4ccccc4OCC(=O)NC(C)C)cc3)c2cc1OC. The highest BCUT2D eigenvalue weighted by Crippen LogP contribution is 2.38. The van der Waals surface area contributed by atoms with Crippen LogP contribution in [0.1, 0.15) is 53.0 Å². The number of benzene rings is 3. The first kappa shape index (κ1) is 32.5. The van der Waals surface area contributed by atoms with Crippen molar-refractivity contribution in [3.63, 3.8) is 0 Å². The average molecular weight is 585 g/mol. The number of rotatable bonds is 13. The lowest BCUT2D eigenvalue weighted by Gasteiger charge is -2.16. The molecule has 0 aliphatic heterocycles. The largest absolute Gasteiger partial charge is 0.493 e. The van der Waals surface area contributed by atoms with Crippen LogP contribution in [-0.2, 0) is 4.79 Å². The van der Waals surface area contributed by atoms with Crippen LogP contribution in [0.3, 0.4) is 0 Å². The Bertz CT molecular complexity index is 1530. The number of anilines is 2. The lowest BCUT2D eigenvalue weighted by Crippen LogP contribution is -2.34. The number of ether oxygens (including phenoxy) is 4. The maximum Gasteiger partial charge on any atom is 0.258 e. The van der Waals surface area contributed by atoms with Gasteiger partial charge < -0.3 is 29.6 Å². The van der Waals surface area contributed by atoms with Gasteiger partial charge in [0.15, 0.2) is 29.6 Å². The van der Waals surface area contributed by atoms with E-state index in [2.05, 4.69) is 28.6 Å². The van der Waals surface area contributed by atoms with E-state index in [9.17, 15) is 10.1 Å². The molecule has 9 nitrogen and oxygen atoms in total. The minimum absolute atomic E-state index is 0.0307. The maximum absolute atomic E-state index is 12.0. The first-order chi connectivity index (χ1) is 20.9. The molecule has 0 radical (unpaired) electrons. The molecule has 226 valence electrons. The number of fused-ring (bicyclic) bond motifs is 1. The summed E-state index contributed by atoms with van der Waals surface area (Å²) in [6.07, 6.45) is 3.50. The Balaban J connectivity index is 0.00000248. The second kappa shape index (κ2) is 16.5. The van der Waals surface area contributed by atoms with Gasteiger partial charge in [-0.25, -0.2) is 0 Å². The summed E-state index contributed by atoms with van der Waals surface area (Å²) in [7, 11) is 1.59. The number of para-hydroxylation sites is 2. The van der Waals surface area contributed by atoms with Gasteiger partial charge in [-0.15, -0.1) is 0 Å². The lowest BCUT2D eigenvalue weighted by atomic mass is 10.1. The number of unbranched alkanes of at least 4 members (excludes halogenated alkanes) is 1. The second-order valence-corrected chi connectivity index (χ2v) is 9.59. The summed E-state index contributed by atoms with van der Waals surface area (Å²) in [5.74, 6) is 2.50. The van der Waals surface area contributed by atoms with Crippen LogP contribution in [-0.4, -0.2) is 37.3 Å². The number of hydrogen-bond acceptors (Lipinski definition) is 8. The van der Waals surface area contributed by atoms with Gasteiger partial charge in [0.25, 0.3) is 5.91 Å². The van der Waals surface area contributed by atoms with Crippen molar-refractivity contribution in [3.05, 3.63) is 72.4 Å². The molecule has 0 saturated carbocycles. The van der Waals surface area contributed by atoms with E-state index in [4.69, 9.17) is 18.9 Å². The highest BCUT2D eigenvalue weighted by molar-refractivity contribution is 5.97. The van der Waals surface area contributed by atoms with E-state index in [1.165, 1.54) is 0 Å². The van der Waals surface area contributed by atoms with Gasteiger partial charge in [0.2, 0.25) is 0 Å². The molecule has 9 heteroatoms. The Labute approximate surface area is 253 Å². The molecule has 4 aromatic rings. The number of pyridine rings is 1. The van der Waals surface area contributed by atoms with E-state index in [1.54, 1.807) is 37.6 Å². The van der Waals surface area contributed by atoms with E-state index >= 15 is 0 Å². The minimum Gasteiger partial charge on any atom is -0.493 e. The zero-order valence-electron chi connectivity index (χ0n) is 25.7. The lowest BCUT2D eigenvalue weighted by molar-refractivity contribution is -0.123. The van der Waals surface area contributed by atoms with E-state index in [-0.39, 0.29) is 18.6 Å². The summed E-state index contributed by atoms with van der Waals surface area (Å²) in [4.78, 5) is 16.5. The summed E-state index contributed by atoms with van der Waals surface area (Å²) in [5, 5.41) is 16.7. The number of nitrogens with zero attached hydrogens (tertiary/aromatic N) is 2. The fourth-order valence-corrected chi connectivity index (χ4v) is 4.06. The normalized spacial score (nSPS) is 10.3. The molecule has 1 aromatic heterocycles. The first-order valence-electron chi connectivity index (χ1n) is 14.5. The van der Waals surface area contributed by atoms with Crippen LogP contribution in [0.15, 0.2) is 66.9 Å². The number of hydrogen-bond donors (Lipinski definition) is 2. The fraction of sp³-hybridized carbons (Fsp3) is 0.324. The smallest absolute Gasteiger partial charge is 0.258 e. The van der Waals surface area contributed by atoms with Crippen molar-refractivity contribution in [2.75, 3.05) is 25.6 Å². The van der Waals surface area contributed by atoms with Crippen LogP contribution in [0.25, 0.3) is 10.9 Å². The number of nitrogens with one attached hydrogen (secondary N) is 2. The Hall–Kier alpha value is -4.97. The summed E-state index contributed by atoms with van der Waals surface area (Å²) < 4.78 is 23.2. The Morgan fingerprint density at radius 3 is 2.35 bits per heavy atom. The molecule has 0 fully saturated rings. The topological polar surface area (TPSA) is 115 Å². The molecule has 0 bridgehead atoms. The Morgan fingerprint density at radius 2 is 1.70 bits per heavy atom. The predicted molar refractivity (Wildman–Crippen MR) is 170 cm³/mol. The van der Waals surface area contributed by atoms with Crippen molar-refractivity contribution in [1.82, 2.24) is 10.3 Å². The van der Waals surface area contributed by atoms with Crippen LogP contribution in [0, 0.1) is 11.3 Å². The number of methoxy groups -OCH3 is 1. The highest BCUT2D eigenvalue weighted by atomic mass is 16.5. The van der Waals surface area contributed by atoms with Crippen molar-refractivity contribution in [2.45, 2.75) is 53.5 Å². The van der Waals surface area contributed by atoms with Gasteiger partial charge in [-0.3, -0.25) is 9.78 Å². The van der Waals surface area contributed by atoms with Crippen molar-refractivity contribution in [2.24, 2.45) is 0 Å². The fourth-order valence-electron chi connectivity index (χ4n) is 4.06. The number of amides is 1. The van der Waals surface area contributed by atoms with Crippen LogP contribution >= 0.6 is 0 Å². The summed E-state index contributed by atoms with van der Waals surface area (Å²) in [6.45, 7) is 10.4. The van der Waals surface area contributed by atoms with Crippen molar-refractivity contribution in [1.29, 1.82) is 5.26 Å². The summed E-state index contributed by atoms with van der Waals surface area (Å²) in [6, 6.07) is 20.4. The highest BCUT2D eigenvalue weighted by Gasteiger charge is 2.15. The number of aromatic nitrogens is 1. The van der Waals surface area contributed by atoms with E-state index in [1.807, 2.05) is 64.1 Å². The average Bonchev–Trinajstić information content (AvgIpc) is 3.02. The van der Waals surface area contributed by atoms with Gasteiger partial charge in [-0.05, 0) is 62.7 Å². The monoisotopic (exact) mass is 584 g/mol. The number of carbonyl (C=O) groups is 1. The molecule has 3 aromatic carbocycles. The zero-order valence-corrected chi connectivity index (χ0v) is 25.7. The summed E-state index contributed by atoms with van der Waals surface area (Å²) in [5.41, 5.74) is 2.44. The predicted octanol–water partition coefficient (Wildman–Crippen LogP) is 7.76. The van der Waals surface area contributed by atoms with Gasteiger partial charge in [-0.2, -0.15) is 5.26 Å². The molecule has 0 atom stereocenters. The molecule has 0 aliphatic carbocycles. The van der Waals surface area contributed by atoms with Crippen LogP contribution in [0.2, 0.25) is 0 Å². The van der Waals surface area contributed by atoms with E-state index in [0.717, 1.165) is 23.9 Å². The molecular formula is C34H40N4O5. The summed E-state index contributed by atoms with van der Waals surface area (Å²) >= 11 is 0. The molecule has 2 N–H and O–H groups in total. The van der Waals surface area contributed by atoms with Gasteiger partial charge in [0.05, 0.1) is 30.5 Å². The molecule has 0 spiro atoms. The van der Waals surface area contributed by atoms with E-state index < -0.39 is 0 Å². The van der Waals surface area contributed by atoms with Crippen molar-refractivity contribution in [3.8, 4) is 34.8 Å². The third kappa shape index (κ3) is 9.01. The van der Waals surface area contributed by atoms with Crippen LogP contribution in [0.5, 0.6) is 28.7 Å².